The molecule has 3 aliphatic rings. The second-order valence-corrected chi connectivity index (χ2v) is 9.91. The summed E-state index contributed by atoms with van der Waals surface area (Å²) in [6, 6.07) is 2.00. The van der Waals surface area contributed by atoms with Crippen molar-refractivity contribution in [3.05, 3.63) is 35.8 Å². The number of ether oxygens (including phenoxy) is 1. The van der Waals surface area contributed by atoms with Crippen LogP contribution in [0.1, 0.15) is 83.8 Å². The van der Waals surface area contributed by atoms with E-state index in [4.69, 9.17) is 9.15 Å². The molecule has 2 heterocycles. The van der Waals surface area contributed by atoms with Crippen LogP contribution in [0.2, 0.25) is 0 Å². The van der Waals surface area contributed by atoms with Crippen LogP contribution in [0, 0.1) is 22.7 Å². The minimum absolute atomic E-state index is 0.114. The first-order chi connectivity index (χ1) is 12.9. The molecule has 2 aliphatic carbocycles. The average Bonchev–Trinajstić information content (AvgIpc) is 3.21. The van der Waals surface area contributed by atoms with Gasteiger partial charge in [0.2, 0.25) is 0 Å². The van der Waals surface area contributed by atoms with Gasteiger partial charge in [-0.05, 0) is 79.3 Å². The molecule has 1 aromatic rings. The highest BCUT2D eigenvalue weighted by Gasteiger charge is 2.55. The van der Waals surface area contributed by atoms with Crippen molar-refractivity contribution >= 4 is 0 Å². The van der Waals surface area contributed by atoms with Gasteiger partial charge < -0.3 is 14.3 Å². The molecule has 3 nitrogen and oxygen atoms in total. The molecule has 27 heavy (non-hydrogen) atoms. The Kier molecular flexibility index (Phi) is 5.28. The predicted octanol–water partition coefficient (Wildman–Crippen LogP) is 6.05. The highest BCUT2D eigenvalue weighted by atomic mass is 16.5. The Labute approximate surface area is 164 Å². The fourth-order valence-electron chi connectivity index (χ4n) is 6.36. The van der Waals surface area contributed by atoms with Gasteiger partial charge >= 0.3 is 0 Å². The van der Waals surface area contributed by atoms with Crippen LogP contribution in [0.4, 0.5) is 0 Å². The van der Waals surface area contributed by atoms with E-state index >= 15 is 0 Å². The van der Waals surface area contributed by atoms with Gasteiger partial charge in [0.15, 0.2) is 0 Å². The molecular weight excluding hydrogens is 336 g/mol. The lowest BCUT2D eigenvalue weighted by molar-refractivity contribution is -0.142. The Balaban J connectivity index is 1.43. The fraction of sp³-hybridized carbons (Fsp3) is 0.750. The molecule has 0 saturated heterocycles. The van der Waals surface area contributed by atoms with E-state index in [0.717, 1.165) is 37.4 Å². The molecule has 1 N–H and O–H groups in total. The van der Waals surface area contributed by atoms with Gasteiger partial charge in [-0.25, -0.2) is 0 Å². The number of fused-ring (bicyclic) bond motifs is 1. The monoisotopic (exact) mass is 372 g/mol. The van der Waals surface area contributed by atoms with Gasteiger partial charge in [0.25, 0.3) is 0 Å². The molecule has 1 aliphatic heterocycles. The van der Waals surface area contributed by atoms with Crippen LogP contribution in [0.5, 0.6) is 0 Å². The van der Waals surface area contributed by atoms with E-state index in [2.05, 4.69) is 26.8 Å². The molecule has 3 heteroatoms. The van der Waals surface area contributed by atoms with Crippen LogP contribution in [0.3, 0.4) is 0 Å². The van der Waals surface area contributed by atoms with E-state index in [1.807, 2.05) is 6.07 Å². The zero-order chi connectivity index (χ0) is 19.1. The Morgan fingerprint density at radius 1 is 1.22 bits per heavy atom. The Bertz CT molecular complexity index is 663. The highest BCUT2D eigenvalue weighted by Crippen LogP contribution is 2.61. The summed E-state index contributed by atoms with van der Waals surface area (Å²) < 4.78 is 11.3. The van der Waals surface area contributed by atoms with Crippen molar-refractivity contribution in [1.82, 2.24) is 0 Å². The molecule has 2 fully saturated rings. The minimum atomic E-state index is -0.115. The quantitative estimate of drug-likeness (QED) is 0.654. The average molecular weight is 373 g/mol. The summed E-state index contributed by atoms with van der Waals surface area (Å²) in [7, 11) is 0. The van der Waals surface area contributed by atoms with Crippen molar-refractivity contribution in [3.8, 4) is 0 Å². The predicted molar refractivity (Wildman–Crippen MR) is 107 cm³/mol. The van der Waals surface area contributed by atoms with Crippen LogP contribution < -0.4 is 0 Å². The van der Waals surface area contributed by atoms with Gasteiger partial charge in [-0.1, -0.05) is 33.3 Å². The lowest BCUT2D eigenvalue weighted by Gasteiger charge is -2.59. The van der Waals surface area contributed by atoms with E-state index in [1.165, 1.54) is 37.7 Å². The zero-order valence-corrected chi connectivity index (χ0v) is 17.2. The molecule has 0 aromatic carbocycles. The van der Waals surface area contributed by atoms with Crippen molar-refractivity contribution in [1.29, 1.82) is 0 Å². The van der Waals surface area contributed by atoms with E-state index < -0.39 is 0 Å². The number of rotatable bonds is 4. The molecule has 0 spiro atoms. The summed E-state index contributed by atoms with van der Waals surface area (Å²) >= 11 is 0. The molecule has 4 rings (SSSR count). The highest BCUT2D eigenvalue weighted by molar-refractivity contribution is 5.16. The second kappa shape index (κ2) is 7.40. The normalized spacial score (nSPS) is 42.4. The molecule has 1 aromatic heterocycles. The van der Waals surface area contributed by atoms with Crippen molar-refractivity contribution < 1.29 is 14.3 Å². The summed E-state index contributed by atoms with van der Waals surface area (Å²) in [5.41, 5.74) is 3.02. The van der Waals surface area contributed by atoms with Gasteiger partial charge in [0, 0.05) is 5.56 Å². The molecule has 6 atom stereocenters. The van der Waals surface area contributed by atoms with Crippen molar-refractivity contribution in [3.63, 3.8) is 0 Å². The number of hydrogen-bond donors (Lipinski definition) is 1. The van der Waals surface area contributed by atoms with Crippen LogP contribution in [0.25, 0.3) is 0 Å². The first-order valence-corrected chi connectivity index (χ1v) is 10.9. The first kappa shape index (κ1) is 19.3. The second-order valence-electron chi connectivity index (χ2n) is 9.91. The van der Waals surface area contributed by atoms with E-state index in [9.17, 15) is 5.11 Å². The third kappa shape index (κ3) is 3.42. The maximum absolute atomic E-state index is 10.8. The SMILES string of the molecule is C[C@H]1CC[C@]2(C)[C@H](CCC[C@H]2O)[C@@]1(C)CCC1=CC[C@@H](c2ccoc2)OC1. The van der Waals surface area contributed by atoms with Gasteiger partial charge in [-0.2, -0.15) is 0 Å². The lowest BCUT2D eigenvalue weighted by atomic mass is 9.46. The lowest BCUT2D eigenvalue weighted by Crippen LogP contribution is -2.54. The Hall–Kier alpha value is -1.06. The Morgan fingerprint density at radius 3 is 2.78 bits per heavy atom. The van der Waals surface area contributed by atoms with Crippen molar-refractivity contribution in [2.45, 2.75) is 84.3 Å². The van der Waals surface area contributed by atoms with Crippen LogP contribution in [0.15, 0.2) is 34.7 Å². The van der Waals surface area contributed by atoms with Crippen LogP contribution in [-0.2, 0) is 4.74 Å². The first-order valence-electron chi connectivity index (χ1n) is 10.9. The molecule has 0 radical (unpaired) electrons. The summed E-state index contributed by atoms with van der Waals surface area (Å²) in [6.45, 7) is 8.06. The Morgan fingerprint density at radius 2 is 2.07 bits per heavy atom. The van der Waals surface area contributed by atoms with E-state index in [-0.39, 0.29) is 17.6 Å². The molecule has 2 saturated carbocycles. The van der Waals surface area contributed by atoms with Crippen LogP contribution >= 0.6 is 0 Å². The molecule has 0 bridgehead atoms. The summed E-state index contributed by atoms with van der Waals surface area (Å²) in [5, 5.41) is 10.8. The largest absolute Gasteiger partial charge is 0.472 e. The standard InChI is InChI=1S/C24H36O3/c1-17-9-12-24(3)21(5-4-6-22(24)25)23(17,2)13-10-18-7-8-20(27-15-18)19-11-14-26-16-19/h7,11,14,16-17,20-22,25H,4-6,8-10,12-13,15H2,1-3H3/t17-,20-,21+,22+,23-,24+/m0/s1. The van der Waals surface area contributed by atoms with Gasteiger partial charge in [-0.15, -0.1) is 0 Å². The molecule has 0 unspecified atom stereocenters. The van der Waals surface area contributed by atoms with Gasteiger partial charge in [-0.3, -0.25) is 0 Å². The smallest absolute Gasteiger partial charge is 0.0960 e. The summed E-state index contributed by atoms with van der Waals surface area (Å²) in [6.07, 6.45) is 15.1. The van der Waals surface area contributed by atoms with E-state index in [1.54, 1.807) is 12.5 Å². The van der Waals surface area contributed by atoms with Gasteiger partial charge in [0.1, 0.15) is 0 Å². The summed E-state index contributed by atoms with van der Waals surface area (Å²) in [5.74, 6) is 1.37. The molecule has 150 valence electrons. The third-order valence-corrected chi connectivity index (χ3v) is 8.56. The maximum Gasteiger partial charge on any atom is 0.0960 e. The number of aliphatic hydroxyl groups excluding tert-OH is 1. The van der Waals surface area contributed by atoms with Crippen molar-refractivity contribution in [2.24, 2.45) is 22.7 Å². The molecule has 0 amide bonds. The number of hydrogen-bond acceptors (Lipinski definition) is 3. The van der Waals surface area contributed by atoms with E-state index in [0.29, 0.717) is 11.3 Å². The van der Waals surface area contributed by atoms with Crippen LogP contribution in [-0.4, -0.2) is 17.8 Å². The number of furan rings is 1. The number of aliphatic hydroxyl groups is 1. The minimum Gasteiger partial charge on any atom is -0.472 e. The van der Waals surface area contributed by atoms with Crippen molar-refractivity contribution in [2.75, 3.05) is 6.61 Å². The topological polar surface area (TPSA) is 42.6 Å². The molecular formula is C24H36O3. The van der Waals surface area contributed by atoms with Gasteiger partial charge in [0.05, 0.1) is 31.3 Å². The zero-order valence-electron chi connectivity index (χ0n) is 17.2. The maximum atomic E-state index is 10.8. The fourth-order valence-corrected chi connectivity index (χ4v) is 6.36. The summed E-state index contributed by atoms with van der Waals surface area (Å²) in [4.78, 5) is 0. The third-order valence-electron chi connectivity index (χ3n) is 8.56.